The summed E-state index contributed by atoms with van der Waals surface area (Å²) in [6, 6.07) is 0. The molecule has 0 fully saturated rings. The fourth-order valence-electron chi connectivity index (χ4n) is 4.63. The molecule has 0 saturated heterocycles. The van der Waals surface area contributed by atoms with Crippen molar-refractivity contribution in [2.75, 3.05) is 0 Å². The third-order valence-electron chi connectivity index (χ3n) is 7.62. The monoisotopic (exact) mass is 752 g/mol. The second-order valence-electron chi connectivity index (χ2n) is 12.1. The Kier molecular flexibility index (Phi) is 47.2. The molecule has 0 rings (SSSR count). The minimum absolute atomic E-state index is 0.0377. The molecular formula is C36H72O4S2Sn. The van der Waals surface area contributed by atoms with Crippen molar-refractivity contribution in [3.05, 3.63) is 0 Å². The summed E-state index contributed by atoms with van der Waals surface area (Å²) in [7, 11) is 0. The molecule has 0 spiro atoms. The molecule has 0 aliphatic carbocycles. The summed E-state index contributed by atoms with van der Waals surface area (Å²) >= 11 is 7.63. The van der Waals surface area contributed by atoms with Crippen LogP contribution in [-0.4, -0.2) is 43.6 Å². The van der Waals surface area contributed by atoms with E-state index in [9.17, 15) is 19.8 Å². The van der Waals surface area contributed by atoms with Crippen molar-refractivity contribution in [1.82, 2.24) is 0 Å². The Labute approximate surface area is 290 Å². The molecule has 0 radical (unpaired) electrons. The van der Waals surface area contributed by atoms with Gasteiger partial charge in [0, 0.05) is 10.5 Å². The Balaban J connectivity index is -0.000000722. The van der Waals surface area contributed by atoms with Crippen molar-refractivity contribution in [2.24, 2.45) is 0 Å². The van der Waals surface area contributed by atoms with Crippen LogP contribution in [0, 0.1) is 0 Å². The number of carboxylic acid groups (broad SMARTS) is 2. The second-order valence-corrected chi connectivity index (χ2v) is 17.6. The molecule has 43 heavy (non-hydrogen) atoms. The molecule has 0 amide bonds. The molecule has 0 saturated carbocycles. The number of carboxylic acids is 2. The zero-order valence-corrected chi connectivity index (χ0v) is 33.6. The Morgan fingerprint density at radius 3 is 0.907 bits per heavy atom. The van der Waals surface area contributed by atoms with Gasteiger partial charge in [0.05, 0.1) is 11.9 Å². The van der Waals surface area contributed by atoms with Gasteiger partial charge in [-0.2, -0.15) is 25.3 Å². The summed E-state index contributed by atoms with van der Waals surface area (Å²) in [6.45, 7) is 8.63. The van der Waals surface area contributed by atoms with E-state index in [1.165, 1.54) is 116 Å². The van der Waals surface area contributed by atoms with Gasteiger partial charge in [0.15, 0.2) is 0 Å². The maximum absolute atomic E-state index is 10.0. The number of carbonyl (C=O) groups is 2. The first-order valence-corrected chi connectivity index (χ1v) is 23.3. The molecule has 0 bridgehead atoms. The van der Waals surface area contributed by atoms with Crippen molar-refractivity contribution in [3.63, 3.8) is 0 Å². The quantitative estimate of drug-likeness (QED) is 0.0435. The van der Waals surface area contributed by atoms with Gasteiger partial charge in [0.1, 0.15) is 0 Å². The summed E-state index contributed by atoms with van der Waals surface area (Å²) in [4.78, 5) is 20.0. The van der Waals surface area contributed by atoms with Gasteiger partial charge < -0.3 is 19.8 Å². The van der Waals surface area contributed by atoms with Gasteiger partial charge >= 0.3 is 172 Å². The fourth-order valence-corrected chi connectivity index (χ4v) is 8.56. The van der Waals surface area contributed by atoms with E-state index in [1.807, 2.05) is 13.8 Å². The molecule has 0 aromatic carbocycles. The third-order valence-corrected chi connectivity index (χ3v) is 12.6. The van der Waals surface area contributed by atoms with Crippen molar-refractivity contribution < 1.29 is 19.8 Å². The van der Waals surface area contributed by atoms with Crippen LogP contribution in [0.5, 0.6) is 0 Å². The zero-order valence-electron chi connectivity index (χ0n) is 29.0. The van der Waals surface area contributed by atoms with Crippen molar-refractivity contribution >= 4 is 58.3 Å². The van der Waals surface area contributed by atoms with Gasteiger partial charge in [-0.1, -0.05) is 39.5 Å². The number of hydrogen-bond acceptors (Lipinski definition) is 6. The average Bonchev–Trinajstić information content (AvgIpc) is 2.99. The first kappa shape index (κ1) is 47.8. The standard InChI is InChI=1S/2C12H25.2C6H12O2S.Sn/c2*1-3-5-7-9-11-12-10-8-6-4-2;2*1-2-3-4-5(9)6(7)8;/h2*1,3-12H2,2H3;2*5,9H,2-4H2,1H3,(H,7,8);/q;;;;+2/p-2. The van der Waals surface area contributed by atoms with E-state index in [2.05, 4.69) is 39.1 Å². The number of carbonyl (C=O) groups excluding carboxylic acids is 2. The van der Waals surface area contributed by atoms with Crippen LogP contribution >= 0.6 is 25.3 Å². The van der Waals surface area contributed by atoms with Crippen LogP contribution in [0.2, 0.25) is 8.87 Å². The first-order valence-electron chi connectivity index (χ1n) is 18.3. The maximum atomic E-state index is 10.0. The summed E-state index contributed by atoms with van der Waals surface area (Å²) in [6.07, 6.45) is 34.9. The molecule has 0 aliphatic rings. The number of hydrogen-bond donors (Lipinski definition) is 2. The Morgan fingerprint density at radius 1 is 0.442 bits per heavy atom. The number of aliphatic carboxylic acids is 2. The van der Waals surface area contributed by atoms with Gasteiger partial charge in [-0.05, 0) is 12.8 Å². The van der Waals surface area contributed by atoms with Crippen LogP contribution in [0.4, 0.5) is 0 Å². The predicted molar refractivity (Wildman–Crippen MR) is 194 cm³/mol. The third kappa shape index (κ3) is 47.0. The number of thiol groups is 2. The van der Waals surface area contributed by atoms with Crippen LogP contribution in [0.15, 0.2) is 0 Å². The van der Waals surface area contributed by atoms with Crippen molar-refractivity contribution in [1.29, 1.82) is 0 Å². The van der Waals surface area contributed by atoms with Gasteiger partial charge in [-0.15, -0.1) is 0 Å². The van der Waals surface area contributed by atoms with Crippen molar-refractivity contribution in [3.8, 4) is 0 Å². The Morgan fingerprint density at radius 2 is 0.674 bits per heavy atom. The van der Waals surface area contributed by atoms with Gasteiger partial charge in [0.25, 0.3) is 0 Å². The number of rotatable bonds is 30. The van der Waals surface area contributed by atoms with E-state index in [4.69, 9.17) is 0 Å². The summed E-state index contributed by atoms with van der Waals surface area (Å²) in [5.41, 5.74) is 0. The molecule has 2 unspecified atom stereocenters. The summed E-state index contributed by atoms with van der Waals surface area (Å²) in [5, 5.41) is 18.9. The molecular weight excluding hydrogens is 679 g/mol. The predicted octanol–water partition coefficient (Wildman–Crippen LogP) is 9.82. The van der Waals surface area contributed by atoms with Gasteiger partial charge in [-0.25, -0.2) is 0 Å². The molecule has 0 aromatic heterocycles. The molecule has 0 heterocycles. The minimum atomic E-state index is -1.06. The van der Waals surface area contributed by atoms with Gasteiger partial charge in [0.2, 0.25) is 0 Å². The van der Waals surface area contributed by atoms with E-state index >= 15 is 0 Å². The van der Waals surface area contributed by atoms with Gasteiger partial charge in [-0.3, -0.25) is 0 Å². The summed E-state index contributed by atoms with van der Waals surface area (Å²) in [5.74, 6) is -2.13. The average molecular weight is 752 g/mol. The van der Waals surface area contributed by atoms with E-state index < -0.39 is 22.4 Å². The molecule has 0 aromatic rings. The molecule has 0 N–H and O–H groups in total. The SMILES string of the molecule is CCCCC(S)C(=O)[O-].CCCCC(S)C(=O)[O-].CCCCCCCCCCC[CH2][Sn+2][CH2]CCCCCCCCCCC. The van der Waals surface area contributed by atoms with Crippen molar-refractivity contribution in [2.45, 2.75) is 214 Å². The Bertz CT molecular complexity index is 505. The van der Waals surface area contributed by atoms with E-state index in [0.29, 0.717) is 12.8 Å². The topological polar surface area (TPSA) is 80.3 Å². The molecule has 7 heteroatoms. The second kappa shape index (κ2) is 42.4. The van der Waals surface area contributed by atoms with E-state index in [-0.39, 0.29) is 21.1 Å². The molecule has 256 valence electrons. The van der Waals surface area contributed by atoms with E-state index in [0.717, 1.165) is 25.7 Å². The summed E-state index contributed by atoms with van der Waals surface area (Å²) < 4.78 is 3.33. The van der Waals surface area contributed by atoms with E-state index in [1.54, 1.807) is 21.7 Å². The first-order chi connectivity index (χ1) is 20.8. The Hall–Kier alpha value is 0.439. The van der Waals surface area contributed by atoms with Crippen LogP contribution in [-0.2, 0) is 9.59 Å². The van der Waals surface area contributed by atoms with Crippen LogP contribution in [0.3, 0.4) is 0 Å². The zero-order chi connectivity index (χ0) is 32.8. The van der Waals surface area contributed by atoms with Crippen LogP contribution in [0.1, 0.15) is 195 Å². The molecule has 4 nitrogen and oxygen atoms in total. The normalized spacial score (nSPS) is 11.9. The fraction of sp³-hybridized carbons (Fsp3) is 0.944. The molecule has 0 aliphatic heterocycles. The number of unbranched alkanes of at least 4 members (excludes halogenated alkanes) is 20. The van der Waals surface area contributed by atoms with Crippen LogP contribution < -0.4 is 10.2 Å². The van der Waals surface area contributed by atoms with Crippen LogP contribution in [0.25, 0.3) is 0 Å². The molecule has 2 atom stereocenters.